The van der Waals surface area contributed by atoms with Crippen molar-refractivity contribution >= 4 is 27.3 Å². The van der Waals surface area contributed by atoms with E-state index in [4.69, 9.17) is 9.52 Å². The van der Waals surface area contributed by atoms with Gasteiger partial charge in [-0.25, -0.2) is 4.68 Å². The van der Waals surface area contributed by atoms with E-state index in [2.05, 4.69) is 36.4 Å². The molecule has 9 heteroatoms. The summed E-state index contributed by atoms with van der Waals surface area (Å²) in [5.41, 5.74) is 0.731. The minimum atomic E-state index is 0.0522. The molecule has 0 atom stereocenters. The molecule has 7 nitrogen and oxygen atoms in total. The fourth-order valence-corrected chi connectivity index (χ4v) is 2.94. The number of rotatable bonds is 5. The van der Waals surface area contributed by atoms with Gasteiger partial charge in [-0.1, -0.05) is 5.21 Å². The van der Waals surface area contributed by atoms with Crippen molar-refractivity contribution in [3.63, 3.8) is 0 Å². The first-order valence-corrected chi connectivity index (χ1v) is 7.43. The third kappa shape index (κ3) is 2.94. The van der Waals surface area contributed by atoms with Gasteiger partial charge in [0.1, 0.15) is 6.54 Å². The Morgan fingerprint density at radius 1 is 1.30 bits per heavy atom. The van der Waals surface area contributed by atoms with Gasteiger partial charge in [0, 0.05) is 19.2 Å². The van der Waals surface area contributed by atoms with Crippen LogP contribution in [0.4, 0.5) is 0 Å². The molecule has 0 amide bonds. The molecule has 1 N–H and O–H groups in total. The van der Waals surface area contributed by atoms with Gasteiger partial charge in [-0.2, -0.15) is 0 Å². The molecule has 0 unspecified atom stereocenters. The van der Waals surface area contributed by atoms with Crippen molar-refractivity contribution in [1.82, 2.24) is 25.2 Å². The van der Waals surface area contributed by atoms with Gasteiger partial charge < -0.3 is 9.52 Å². The molecular formula is C11H10BrN5O2S. The average Bonchev–Trinajstić information content (AvgIpc) is 3.12. The van der Waals surface area contributed by atoms with Crippen molar-refractivity contribution in [2.24, 2.45) is 0 Å². The van der Waals surface area contributed by atoms with E-state index in [1.807, 2.05) is 12.1 Å². The number of aliphatic hydroxyl groups excluding tert-OH is 1. The lowest BCUT2D eigenvalue weighted by molar-refractivity contribution is 0.298. The molecule has 3 aromatic rings. The zero-order valence-corrected chi connectivity index (χ0v) is 12.6. The Balaban J connectivity index is 1.73. The van der Waals surface area contributed by atoms with E-state index in [1.165, 1.54) is 11.3 Å². The van der Waals surface area contributed by atoms with E-state index in [0.29, 0.717) is 24.7 Å². The van der Waals surface area contributed by atoms with E-state index >= 15 is 0 Å². The van der Waals surface area contributed by atoms with Crippen LogP contribution in [0, 0.1) is 0 Å². The molecule has 0 aliphatic rings. The van der Waals surface area contributed by atoms with E-state index in [0.717, 1.165) is 14.4 Å². The maximum absolute atomic E-state index is 8.83. The van der Waals surface area contributed by atoms with Crippen molar-refractivity contribution in [2.75, 3.05) is 6.61 Å². The highest BCUT2D eigenvalue weighted by Gasteiger charge is 2.11. The SMILES string of the molecule is OCCc1cn(Cc2nnc(-c3ccc(Br)s3)o2)nn1. The molecule has 0 saturated carbocycles. The van der Waals surface area contributed by atoms with E-state index in [1.54, 1.807) is 10.9 Å². The summed E-state index contributed by atoms with van der Waals surface area (Å²) in [6, 6.07) is 3.85. The number of nitrogens with zero attached hydrogens (tertiary/aromatic N) is 5. The number of halogens is 1. The van der Waals surface area contributed by atoms with Gasteiger partial charge in [0.2, 0.25) is 5.89 Å². The first-order valence-electron chi connectivity index (χ1n) is 5.82. The third-order valence-electron chi connectivity index (χ3n) is 2.50. The van der Waals surface area contributed by atoms with Crippen molar-refractivity contribution in [3.05, 3.63) is 33.7 Å². The van der Waals surface area contributed by atoms with Gasteiger partial charge in [-0.15, -0.1) is 26.6 Å². The number of aliphatic hydroxyl groups is 1. The zero-order valence-electron chi connectivity index (χ0n) is 10.2. The molecule has 0 aliphatic carbocycles. The van der Waals surface area contributed by atoms with Gasteiger partial charge in [0.05, 0.1) is 14.4 Å². The number of hydrogen-bond acceptors (Lipinski definition) is 7. The monoisotopic (exact) mass is 355 g/mol. The quantitative estimate of drug-likeness (QED) is 0.749. The summed E-state index contributed by atoms with van der Waals surface area (Å²) in [6.45, 7) is 0.411. The number of thiophene rings is 1. The Hall–Kier alpha value is -1.58. The first kappa shape index (κ1) is 13.4. The van der Waals surface area contributed by atoms with Gasteiger partial charge >= 0.3 is 0 Å². The minimum absolute atomic E-state index is 0.0522. The fraction of sp³-hybridized carbons (Fsp3) is 0.273. The summed E-state index contributed by atoms with van der Waals surface area (Å²) < 4.78 is 8.20. The summed E-state index contributed by atoms with van der Waals surface area (Å²) in [5, 5.41) is 24.7. The Morgan fingerprint density at radius 3 is 2.95 bits per heavy atom. The highest BCUT2D eigenvalue weighted by molar-refractivity contribution is 9.11. The van der Waals surface area contributed by atoms with Gasteiger partial charge in [-0.3, -0.25) is 0 Å². The van der Waals surface area contributed by atoms with Crippen LogP contribution in [0.2, 0.25) is 0 Å². The number of aromatic nitrogens is 5. The van der Waals surface area contributed by atoms with Crippen molar-refractivity contribution in [3.8, 4) is 10.8 Å². The largest absolute Gasteiger partial charge is 0.418 e. The van der Waals surface area contributed by atoms with E-state index in [-0.39, 0.29) is 6.61 Å². The molecule has 3 heterocycles. The van der Waals surface area contributed by atoms with Gasteiger partial charge in [0.15, 0.2) is 0 Å². The maximum Gasteiger partial charge on any atom is 0.257 e. The van der Waals surface area contributed by atoms with Crippen LogP contribution in [0.25, 0.3) is 10.8 Å². The molecule has 0 aliphatic heterocycles. The molecule has 3 aromatic heterocycles. The summed E-state index contributed by atoms with van der Waals surface area (Å²) >= 11 is 4.92. The molecule has 0 spiro atoms. The molecule has 20 heavy (non-hydrogen) atoms. The van der Waals surface area contributed by atoms with E-state index < -0.39 is 0 Å². The molecule has 0 fully saturated rings. The summed E-state index contributed by atoms with van der Waals surface area (Å²) in [4.78, 5) is 0.912. The summed E-state index contributed by atoms with van der Waals surface area (Å²) in [7, 11) is 0. The minimum Gasteiger partial charge on any atom is -0.418 e. The molecule has 0 saturated heterocycles. The molecule has 0 aromatic carbocycles. The maximum atomic E-state index is 8.83. The van der Waals surface area contributed by atoms with Gasteiger partial charge in [-0.05, 0) is 28.1 Å². The normalized spacial score (nSPS) is 11.1. The lowest BCUT2D eigenvalue weighted by Crippen LogP contribution is -2.00. The van der Waals surface area contributed by atoms with Crippen molar-refractivity contribution in [2.45, 2.75) is 13.0 Å². The predicted octanol–water partition coefficient (Wildman–Crippen LogP) is 1.74. The van der Waals surface area contributed by atoms with Crippen molar-refractivity contribution in [1.29, 1.82) is 0 Å². The Morgan fingerprint density at radius 2 is 2.20 bits per heavy atom. The lowest BCUT2D eigenvalue weighted by atomic mass is 10.3. The second-order valence-electron chi connectivity index (χ2n) is 3.99. The highest BCUT2D eigenvalue weighted by Crippen LogP contribution is 2.30. The van der Waals surface area contributed by atoms with E-state index in [9.17, 15) is 0 Å². The third-order valence-corrected chi connectivity index (χ3v) is 4.11. The van der Waals surface area contributed by atoms with Crippen LogP contribution in [-0.4, -0.2) is 36.9 Å². The second kappa shape index (κ2) is 5.81. The molecule has 104 valence electrons. The molecule has 0 radical (unpaired) electrons. The first-order chi connectivity index (χ1) is 9.74. The summed E-state index contributed by atoms with van der Waals surface area (Å²) in [6.07, 6.45) is 2.24. The van der Waals surface area contributed by atoms with Crippen molar-refractivity contribution < 1.29 is 9.52 Å². The van der Waals surface area contributed by atoms with Crippen LogP contribution in [0.3, 0.4) is 0 Å². The van der Waals surface area contributed by atoms with Gasteiger partial charge in [0.25, 0.3) is 5.89 Å². The summed E-state index contributed by atoms with van der Waals surface area (Å²) in [5.74, 6) is 0.955. The Kier molecular flexibility index (Phi) is 3.90. The molecule has 0 bridgehead atoms. The highest BCUT2D eigenvalue weighted by atomic mass is 79.9. The Labute approximate surface area is 126 Å². The fourth-order valence-electron chi connectivity index (χ4n) is 1.63. The topological polar surface area (TPSA) is 89.9 Å². The van der Waals surface area contributed by atoms with Crippen LogP contribution >= 0.6 is 27.3 Å². The second-order valence-corrected chi connectivity index (χ2v) is 6.45. The van der Waals surface area contributed by atoms with Crippen LogP contribution in [0.5, 0.6) is 0 Å². The molecular weight excluding hydrogens is 346 g/mol. The number of hydrogen-bond donors (Lipinski definition) is 1. The standard InChI is InChI=1S/C11H10BrN5O2S/c12-9-2-1-8(20-9)11-15-14-10(19-11)6-17-5-7(3-4-18)13-16-17/h1-2,5,18H,3-4,6H2. The van der Waals surface area contributed by atoms with Crippen LogP contribution in [0.15, 0.2) is 26.5 Å². The zero-order chi connectivity index (χ0) is 13.9. The van der Waals surface area contributed by atoms with Crippen LogP contribution in [-0.2, 0) is 13.0 Å². The predicted molar refractivity (Wildman–Crippen MR) is 75.2 cm³/mol. The smallest absolute Gasteiger partial charge is 0.257 e. The Bertz CT molecular complexity index is 707. The average molecular weight is 356 g/mol. The molecule has 3 rings (SSSR count). The van der Waals surface area contributed by atoms with Crippen LogP contribution < -0.4 is 0 Å². The van der Waals surface area contributed by atoms with Crippen LogP contribution in [0.1, 0.15) is 11.6 Å². The lowest BCUT2D eigenvalue weighted by Gasteiger charge is -1.93.